The Morgan fingerprint density at radius 3 is 2.28 bits per heavy atom. The van der Waals surface area contributed by atoms with Gasteiger partial charge in [-0.25, -0.2) is 16.1 Å². The number of benzene rings is 2. The van der Waals surface area contributed by atoms with Crippen LogP contribution in [0.2, 0.25) is 0 Å². The van der Waals surface area contributed by atoms with Gasteiger partial charge < -0.3 is 0 Å². The minimum absolute atomic E-state index is 0.0726. The Balaban J connectivity index is 2.17. The number of nitroso groups, excluding NO2 is 1. The monoisotopic (exact) mass is 416 g/mol. The lowest BCUT2D eigenvalue weighted by atomic mass is 10.2. The number of anilines is 1. The fraction of sp³-hybridized carbons (Fsp3) is 0.0625. The molecular formula is C16H16N8O4S. The molecule has 13 heteroatoms. The molecule has 2 aromatic carbocycles. The zero-order valence-electron chi connectivity index (χ0n) is 14.9. The van der Waals surface area contributed by atoms with Crippen molar-refractivity contribution in [3.63, 3.8) is 0 Å². The van der Waals surface area contributed by atoms with Crippen LogP contribution in [0.25, 0.3) is 16.5 Å². The van der Waals surface area contributed by atoms with Crippen molar-refractivity contribution < 1.29 is 13.2 Å². The van der Waals surface area contributed by atoms with Gasteiger partial charge in [-0.1, -0.05) is 29.4 Å². The van der Waals surface area contributed by atoms with E-state index in [-0.39, 0.29) is 22.2 Å². The lowest BCUT2D eigenvalue weighted by Crippen LogP contribution is -2.37. The van der Waals surface area contributed by atoms with E-state index in [0.29, 0.717) is 15.5 Å². The molecular weight excluding hydrogens is 400 g/mol. The Morgan fingerprint density at radius 1 is 1.10 bits per heavy atom. The molecule has 0 atom stereocenters. The van der Waals surface area contributed by atoms with Gasteiger partial charge in [-0.2, -0.15) is 8.42 Å². The van der Waals surface area contributed by atoms with E-state index in [1.54, 1.807) is 12.1 Å². The van der Waals surface area contributed by atoms with Crippen molar-refractivity contribution in [2.75, 3.05) is 4.41 Å². The standard InChI is InChI=1S/C16H16N8O4S/c17-21-20-11-13-1-6-14(7-2-13)24(19)29(27,28)15-8-3-12(4-9-15)5-10-16(25)23(18)22-26/h1-10H,11,18-19H2/b10-5+. The molecule has 0 aliphatic rings. The number of sulfonamides is 1. The van der Waals surface area contributed by atoms with Crippen LogP contribution < -0.4 is 16.1 Å². The van der Waals surface area contributed by atoms with Crippen molar-refractivity contribution in [2.45, 2.75) is 11.4 Å². The third-order valence-corrected chi connectivity index (χ3v) is 5.27. The summed E-state index contributed by atoms with van der Waals surface area (Å²) < 4.78 is 26.0. The van der Waals surface area contributed by atoms with Gasteiger partial charge in [0.25, 0.3) is 15.9 Å². The summed E-state index contributed by atoms with van der Waals surface area (Å²) in [5.41, 5.74) is 9.73. The number of nitrogens with zero attached hydrogens (tertiary/aromatic N) is 6. The maximum absolute atomic E-state index is 12.7. The number of hydrazine groups is 2. The molecule has 12 nitrogen and oxygen atoms in total. The second-order valence-electron chi connectivity index (χ2n) is 5.52. The van der Waals surface area contributed by atoms with Crippen molar-refractivity contribution in [1.29, 1.82) is 0 Å². The van der Waals surface area contributed by atoms with Gasteiger partial charge in [0.05, 0.1) is 22.4 Å². The maximum atomic E-state index is 12.7. The highest BCUT2D eigenvalue weighted by molar-refractivity contribution is 7.92. The molecule has 4 N–H and O–H groups in total. The predicted molar refractivity (Wildman–Crippen MR) is 105 cm³/mol. The SMILES string of the molecule is [N-]=[N+]=NCc1ccc(N(N)S(=O)(=O)c2ccc(/C=C/C(=O)N(N)N=O)cc2)cc1. The van der Waals surface area contributed by atoms with E-state index < -0.39 is 15.9 Å². The predicted octanol–water partition coefficient (Wildman–Crippen LogP) is 1.96. The normalized spacial score (nSPS) is 11.0. The number of carbonyl (C=O) groups is 1. The van der Waals surface area contributed by atoms with Gasteiger partial charge in [-0.3, -0.25) is 4.79 Å². The molecule has 0 unspecified atom stereocenters. The first kappa shape index (κ1) is 21.5. The molecule has 0 bridgehead atoms. The van der Waals surface area contributed by atoms with Gasteiger partial charge >= 0.3 is 0 Å². The molecule has 0 spiro atoms. The number of nitrogens with two attached hydrogens (primary N) is 2. The largest absolute Gasteiger partial charge is 0.284 e. The van der Waals surface area contributed by atoms with Crippen molar-refractivity contribution in [2.24, 2.45) is 22.1 Å². The number of azide groups is 1. The highest BCUT2D eigenvalue weighted by Crippen LogP contribution is 2.22. The summed E-state index contributed by atoms with van der Waals surface area (Å²) in [5, 5.41) is 5.80. The molecule has 0 saturated heterocycles. The molecule has 0 fully saturated rings. The van der Waals surface area contributed by atoms with Gasteiger partial charge in [-0.15, -0.1) is 10.0 Å². The van der Waals surface area contributed by atoms with Gasteiger partial charge in [0.15, 0.2) is 0 Å². The first-order valence-electron chi connectivity index (χ1n) is 7.89. The van der Waals surface area contributed by atoms with Crippen LogP contribution in [0.5, 0.6) is 0 Å². The van der Waals surface area contributed by atoms with Crippen LogP contribution in [0.3, 0.4) is 0 Å². The molecule has 0 radical (unpaired) electrons. The van der Waals surface area contributed by atoms with Crippen molar-refractivity contribution >= 4 is 27.7 Å². The summed E-state index contributed by atoms with van der Waals surface area (Å²) in [4.78, 5) is 24.1. The number of hydrogen-bond acceptors (Lipinski definition) is 8. The second kappa shape index (κ2) is 9.43. The minimum atomic E-state index is -4.03. The third-order valence-electron chi connectivity index (χ3n) is 3.68. The maximum Gasteiger partial charge on any atom is 0.284 e. The lowest BCUT2D eigenvalue weighted by molar-refractivity contribution is -0.126. The average Bonchev–Trinajstić information content (AvgIpc) is 2.75. The summed E-state index contributed by atoms with van der Waals surface area (Å²) in [6, 6.07) is 11.7. The molecule has 2 rings (SSSR count). The highest BCUT2D eigenvalue weighted by Gasteiger charge is 2.22. The van der Waals surface area contributed by atoms with E-state index >= 15 is 0 Å². The average molecular weight is 416 g/mol. The molecule has 1 amide bonds. The van der Waals surface area contributed by atoms with Crippen LogP contribution >= 0.6 is 0 Å². The Hall–Kier alpha value is -3.77. The lowest BCUT2D eigenvalue weighted by Gasteiger charge is -2.19. The fourth-order valence-corrected chi connectivity index (χ4v) is 3.26. The summed E-state index contributed by atoms with van der Waals surface area (Å²) in [6.45, 7) is 0.135. The third kappa shape index (κ3) is 5.37. The molecule has 0 saturated carbocycles. The van der Waals surface area contributed by atoms with Crippen LogP contribution in [0.1, 0.15) is 11.1 Å². The Morgan fingerprint density at radius 2 is 1.72 bits per heavy atom. The van der Waals surface area contributed by atoms with E-state index in [1.165, 1.54) is 42.5 Å². The smallest absolute Gasteiger partial charge is 0.266 e. The van der Waals surface area contributed by atoms with E-state index in [1.807, 2.05) is 0 Å². The van der Waals surface area contributed by atoms with Gasteiger partial charge in [0, 0.05) is 11.0 Å². The second-order valence-corrected chi connectivity index (χ2v) is 7.34. The summed E-state index contributed by atoms with van der Waals surface area (Å²) in [6.07, 6.45) is 2.35. The van der Waals surface area contributed by atoms with Crippen molar-refractivity contribution in [3.8, 4) is 0 Å². The van der Waals surface area contributed by atoms with E-state index in [4.69, 9.17) is 17.2 Å². The topological polar surface area (TPSA) is 188 Å². The Kier molecular flexibility index (Phi) is 7.00. The summed E-state index contributed by atoms with van der Waals surface area (Å²) >= 11 is 0. The Labute approximate surface area is 165 Å². The van der Waals surface area contributed by atoms with E-state index in [0.717, 1.165) is 6.08 Å². The van der Waals surface area contributed by atoms with Crippen molar-refractivity contribution in [3.05, 3.63) is 81.1 Å². The quantitative estimate of drug-likeness (QED) is 0.0966. The zero-order chi connectivity index (χ0) is 21.4. The zero-order valence-corrected chi connectivity index (χ0v) is 15.7. The van der Waals surface area contributed by atoms with Crippen LogP contribution in [0.4, 0.5) is 5.69 Å². The van der Waals surface area contributed by atoms with Gasteiger partial charge in [0.2, 0.25) is 0 Å². The first-order chi connectivity index (χ1) is 13.8. The fourth-order valence-electron chi connectivity index (χ4n) is 2.15. The molecule has 0 aliphatic heterocycles. The van der Waals surface area contributed by atoms with E-state index in [9.17, 15) is 18.1 Å². The number of carbonyl (C=O) groups excluding carboxylic acids is 1. The summed E-state index contributed by atoms with van der Waals surface area (Å²) in [7, 11) is -4.03. The first-order valence-corrected chi connectivity index (χ1v) is 9.33. The molecule has 0 heterocycles. The number of amides is 1. The molecule has 0 aromatic heterocycles. The van der Waals surface area contributed by atoms with E-state index in [2.05, 4.69) is 15.3 Å². The van der Waals surface area contributed by atoms with Crippen LogP contribution in [-0.4, -0.2) is 19.4 Å². The molecule has 0 aliphatic carbocycles. The highest BCUT2D eigenvalue weighted by atomic mass is 32.2. The molecule has 29 heavy (non-hydrogen) atoms. The summed E-state index contributed by atoms with van der Waals surface area (Å²) in [5.74, 6) is 9.96. The van der Waals surface area contributed by atoms with Crippen LogP contribution in [0.15, 0.2) is 69.9 Å². The Bertz CT molecular complexity index is 1060. The molecule has 2 aromatic rings. The van der Waals surface area contributed by atoms with Crippen LogP contribution in [0, 0.1) is 4.91 Å². The van der Waals surface area contributed by atoms with Gasteiger partial charge in [0.1, 0.15) is 0 Å². The number of rotatable bonds is 8. The van der Waals surface area contributed by atoms with Crippen LogP contribution in [-0.2, 0) is 21.4 Å². The van der Waals surface area contributed by atoms with Gasteiger partial charge in [-0.05, 0) is 47.0 Å². The minimum Gasteiger partial charge on any atom is -0.266 e. The number of hydrogen-bond donors (Lipinski definition) is 2. The molecule has 150 valence electrons. The van der Waals surface area contributed by atoms with Crippen molar-refractivity contribution in [1.82, 2.24) is 5.12 Å².